The zero-order chi connectivity index (χ0) is 22.0. The predicted molar refractivity (Wildman–Crippen MR) is 112 cm³/mol. The van der Waals surface area contributed by atoms with E-state index < -0.39 is 31.5 Å². The molecule has 0 aromatic heterocycles. The summed E-state index contributed by atoms with van der Waals surface area (Å²) in [7, 11) is -1.92. The third kappa shape index (κ3) is 5.62. The van der Waals surface area contributed by atoms with Crippen LogP contribution < -0.4 is 0 Å². The van der Waals surface area contributed by atoms with Crippen molar-refractivity contribution in [1.82, 2.24) is 4.57 Å². The number of aliphatic hydroxyl groups excluding tert-OH is 2. The molecule has 0 spiro atoms. The smallest absolute Gasteiger partial charge is 0.308 e. The molecule has 0 aliphatic carbocycles. The first kappa shape index (κ1) is 23.5. The summed E-state index contributed by atoms with van der Waals surface area (Å²) >= 11 is 0. The first-order valence-corrected chi connectivity index (χ1v) is 12.8. The van der Waals surface area contributed by atoms with E-state index in [0.717, 1.165) is 0 Å². The fourth-order valence-corrected chi connectivity index (χ4v) is 6.28. The summed E-state index contributed by atoms with van der Waals surface area (Å²) < 4.78 is 7.33. The Kier molecular flexibility index (Phi) is 7.21. The van der Waals surface area contributed by atoms with E-state index in [9.17, 15) is 25.1 Å². The number of nitro benzene ring substituents is 1. The number of hydrogen-bond donors (Lipinski definition) is 2. The minimum Gasteiger partial charge on any atom is -0.461 e. The van der Waals surface area contributed by atoms with Crippen molar-refractivity contribution in [2.45, 2.75) is 83.1 Å². The molecular weight excluding hydrogens is 392 g/mol. The number of carbonyl (C=O) groups is 1. The van der Waals surface area contributed by atoms with Crippen LogP contribution in [0.2, 0.25) is 18.1 Å². The molecule has 2 rings (SSSR count). The van der Waals surface area contributed by atoms with Crippen LogP contribution in [0.5, 0.6) is 0 Å². The topological polar surface area (TPSA) is 113 Å². The summed E-state index contributed by atoms with van der Waals surface area (Å²) in [5.41, 5.74) is 0.620. The maximum atomic E-state index is 12.0. The highest BCUT2D eigenvalue weighted by Gasteiger charge is 2.52. The summed E-state index contributed by atoms with van der Waals surface area (Å²) in [4.78, 5) is 22.2. The van der Waals surface area contributed by atoms with Gasteiger partial charge in [0.2, 0.25) is 0 Å². The lowest BCUT2D eigenvalue weighted by Crippen LogP contribution is -2.70. The van der Waals surface area contributed by atoms with Crippen LogP contribution in [0.3, 0.4) is 0 Å². The van der Waals surface area contributed by atoms with Crippen molar-refractivity contribution in [2.24, 2.45) is 0 Å². The van der Waals surface area contributed by atoms with Gasteiger partial charge in [0.05, 0.1) is 17.4 Å². The van der Waals surface area contributed by atoms with Gasteiger partial charge in [0, 0.05) is 24.6 Å². The molecule has 0 amide bonds. The molecule has 1 heterocycles. The van der Waals surface area contributed by atoms with Gasteiger partial charge in [-0.05, 0) is 29.2 Å². The first-order chi connectivity index (χ1) is 13.3. The molecule has 0 radical (unpaired) electrons. The third-order valence-corrected chi connectivity index (χ3v) is 11.8. The van der Waals surface area contributed by atoms with Crippen molar-refractivity contribution in [3.05, 3.63) is 39.9 Å². The monoisotopic (exact) mass is 424 g/mol. The van der Waals surface area contributed by atoms with Crippen molar-refractivity contribution < 1.29 is 24.7 Å². The summed E-state index contributed by atoms with van der Waals surface area (Å²) in [6, 6.07) is 5.84. The van der Waals surface area contributed by atoms with Crippen LogP contribution in [0.1, 0.15) is 45.6 Å². The Morgan fingerprint density at radius 2 is 1.93 bits per heavy atom. The van der Waals surface area contributed by atoms with Crippen LogP contribution in [0.4, 0.5) is 5.69 Å². The van der Waals surface area contributed by atoms with Gasteiger partial charge in [-0.3, -0.25) is 19.5 Å². The Bertz CT molecular complexity index is 731. The number of hydrogen-bond acceptors (Lipinski definition) is 7. The highest BCUT2D eigenvalue weighted by atomic mass is 28.3. The largest absolute Gasteiger partial charge is 0.461 e. The number of nitro groups is 1. The molecule has 1 aromatic carbocycles. The van der Waals surface area contributed by atoms with Crippen LogP contribution in [0, 0.1) is 10.1 Å². The molecule has 1 aliphatic rings. The number of ether oxygens (including phenoxy) is 1. The van der Waals surface area contributed by atoms with Gasteiger partial charge < -0.3 is 14.9 Å². The van der Waals surface area contributed by atoms with E-state index >= 15 is 0 Å². The third-order valence-electron chi connectivity index (χ3n) is 6.17. The van der Waals surface area contributed by atoms with Crippen molar-refractivity contribution in [2.75, 3.05) is 0 Å². The average molecular weight is 425 g/mol. The molecule has 162 valence electrons. The number of benzene rings is 1. The number of aliphatic hydroxyl groups is 2. The second-order valence-electron chi connectivity index (χ2n) is 9.26. The lowest BCUT2D eigenvalue weighted by molar-refractivity contribution is -0.384. The molecule has 1 aliphatic heterocycles. The zero-order valence-corrected chi connectivity index (χ0v) is 18.8. The van der Waals surface area contributed by atoms with E-state index in [-0.39, 0.29) is 29.8 Å². The van der Waals surface area contributed by atoms with E-state index in [1.807, 2.05) is 0 Å². The first-order valence-electron chi connectivity index (χ1n) is 9.86. The molecule has 0 bridgehead atoms. The maximum Gasteiger partial charge on any atom is 0.308 e. The van der Waals surface area contributed by atoms with Crippen molar-refractivity contribution in [3.63, 3.8) is 0 Å². The Balaban J connectivity index is 1.83. The molecule has 0 saturated carbocycles. The molecule has 1 aromatic rings. The lowest BCUT2D eigenvalue weighted by Gasteiger charge is -2.58. The fourth-order valence-electron chi connectivity index (χ4n) is 3.53. The van der Waals surface area contributed by atoms with E-state index in [2.05, 4.69) is 38.4 Å². The van der Waals surface area contributed by atoms with Gasteiger partial charge >= 0.3 is 5.97 Å². The van der Waals surface area contributed by atoms with Crippen LogP contribution in [-0.4, -0.2) is 52.3 Å². The standard InChI is InChI=1S/C20H32N2O6Si/c1-20(2,3)29(4,5)21-16(11-18(21)24)10-17(23)12-19(25)28-13-14-6-8-15(9-7-14)22(26)27/h6-9,16-18,23-24H,10-13H2,1-5H3. The van der Waals surface area contributed by atoms with Gasteiger partial charge in [0.25, 0.3) is 5.69 Å². The number of non-ortho nitro benzene ring substituents is 1. The van der Waals surface area contributed by atoms with E-state index in [4.69, 9.17) is 4.74 Å². The summed E-state index contributed by atoms with van der Waals surface area (Å²) in [6.07, 6.45) is -0.436. The van der Waals surface area contributed by atoms with Gasteiger partial charge in [-0.25, -0.2) is 0 Å². The molecule has 29 heavy (non-hydrogen) atoms. The highest BCUT2D eigenvalue weighted by Crippen LogP contribution is 2.45. The van der Waals surface area contributed by atoms with Crippen molar-refractivity contribution in [1.29, 1.82) is 0 Å². The van der Waals surface area contributed by atoms with E-state index in [0.29, 0.717) is 18.4 Å². The normalized spacial score (nSPS) is 21.3. The Morgan fingerprint density at radius 1 is 1.34 bits per heavy atom. The Labute approximate surface area is 172 Å². The van der Waals surface area contributed by atoms with Crippen LogP contribution in [0.25, 0.3) is 0 Å². The second kappa shape index (κ2) is 8.91. The average Bonchev–Trinajstić information content (AvgIpc) is 2.58. The number of nitrogens with zero attached hydrogens (tertiary/aromatic N) is 2. The molecule has 3 atom stereocenters. The van der Waals surface area contributed by atoms with Crippen molar-refractivity contribution >= 4 is 19.9 Å². The molecular formula is C20H32N2O6Si. The number of carbonyl (C=O) groups excluding carboxylic acids is 1. The van der Waals surface area contributed by atoms with E-state index in [1.54, 1.807) is 0 Å². The maximum absolute atomic E-state index is 12.0. The summed E-state index contributed by atoms with van der Waals surface area (Å²) in [6.45, 7) is 11.0. The Hall–Kier alpha value is -1.81. The summed E-state index contributed by atoms with van der Waals surface area (Å²) in [5, 5.41) is 31.4. The molecule has 2 N–H and O–H groups in total. The zero-order valence-electron chi connectivity index (χ0n) is 17.8. The van der Waals surface area contributed by atoms with Gasteiger partial charge in [-0.2, -0.15) is 0 Å². The fraction of sp³-hybridized carbons (Fsp3) is 0.650. The van der Waals surface area contributed by atoms with Crippen molar-refractivity contribution in [3.8, 4) is 0 Å². The van der Waals surface area contributed by atoms with Gasteiger partial charge in [-0.1, -0.05) is 33.9 Å². The molecule has 3 unspecified atom stereocenters. The minimum absolute atomic E-state index is 0.00177. The second-order valence-corrected chi connectivity index (χ2v) is 14.4. The van der Waals surface area contributed by atoms with Gasteiger partial charge in [-0.15, -0.1) is 0 Å². The van der Waals surface area contributed by atoms with Crippen LogP contribution in [0.15, 0.2) is 24.3 Å². The summed E-state index contributed by atoms with van der Waals surface area (Å²) in [5.74, 6) is -0.519. The van der Waals surface area contributed by atoms with Gasteiger partial charge in [0.1, 0.15) is 21.1 Å². The molecule has 1 fully saturated rings. The van der Waals surface area contributed by atoms with E-state index in [1.165, 1.54) is 24.3 Å². The van der Waals surface area contributed by atoms with Crippen LogP contribution >= 0.6 is 0 Å². The number of rotatable bonds is 8. The molecule has 9 heteroatoms. The predicted octanol–water partition coefficient (Wildman–Crippen LogP) is 3.18. The number of esters is 1. The molecule has 8 nitrogen and oxygen atoms in total. The quantitative estimate of drug-likeness (QED) is 0.285. The highest BCUT2D eigenvalue weighted by molar-refractivity contribution is 6.77. The SMILES string of the molecule is CC(C)(C)[Si](C)(C)N1C(O)CC1CC(O)CC(=O)OCc1ccc([N+](=O)[O-])cc1. The van der Waals surface area contributed by atoms with Gasteiger partial charge in [0.15, 0.2) is 0 Å². The Morgan fingerprint density at radius 3 is 2.41 bits per heavy atom. The minimum atomic E-state index is -1.92. The molecule has 1 saturated heterocycles. The van der Waals surface area contributed by atoms with Crippen LogP contribution in [-0.2, 0) is 16.1 Å². The lowest BCUT2D eigenvalue weighted by atomic mass is 9.97.